The number of alkyl carbamates (subject to hydrolysis) is 1. The van der Waals surface area contributed by atoms with Crippen molar-refractivity contribution in [3.05, 3.63) is 111 Å². The van der Waals surface area contributed by atoms with Crippen LogP contribution >= 0.6 is 15.9 Å². The van der Waals surface area contributed by atoms with Crippen LogP contribution in [0.1, 0.15) is 64.3 Å². The topological polar surface area (TPSA) is 190 Å². The summed E-state index contributed by atoms with van der Waals surface area (Å²) < 4.78 is 24.2. The van der Waals surface area contributed by atoms with Gasteiger partial charge in [0.15, 0.2) is 23.7 Å². The van der Waals surface area contributed by atoms with Crippen LogP contribution in [0.25, 0.3) is 0 Å². The largest absolute Gasteiger partial charge is 0.469 e. The van der Waals surface area contributed by atoms with Gasteiger partial charge in [0, 0.05) is 22.0 Å². The first-order chi connectivity index (χ1) is 25.0. The Kier molecular flexibility index (Phi) is 9.40. The molecule has 3 amide bonds. The summed E-state index contributed by atoms with van der Waals surface area (Å²) in [4.78, 5) is 58.4. The van der Waals surface area contributed by atoms with Crippen molar-refractivity contribution < 1.29 is 42.9 Å². The van der Waals surface area contributed by atoms with E-state index in [0.717, 1.165) is 17.1 Å². The van der Waals surface area contributed by atoms with Crippen molar-refractivity contribution in [3.63, 3.8) is 0 Å². The van der Waals surface area contributed by atoms with Gasteiger partial charge in [-0.1, -0.05) is 68.4 Å². The minimum absolute atomic E-state index is 0.00858. The highest BCUT2D eigenvalue weighted by atomic mass is 79.9. The second kappa shape index (κ2) is 14.0. The summed E-state index contributed by atoms with van der Waals surface area (Å²) in [5.74, 6) is -1.92. The Bertz CT molecular complexity index is 2050. The van der Waals surface area contributed by atoms with E-state index in [1.54, 1.807) is 12.1 Å². The predicted octanol–water partition coefficient (Wildman–Crippen LogP) is 3.84. The van der Waals surface area contributed by atoms with Crippen LogP contribution in [0.4, 0.5) is 10.5 Å². The number of carbonyl (C=O) groups is 4. The van der Waals surface area contributed by atoms with Crippen LogP contribution in [-0.4, -0.2) is 66.0 Å². The molecular weight excluding hydrogens is 738 g/mol. The highest BCUT2D eigenvalue weighted by Crippen LogP contribution is 2.59. The number of ether oxygens (including phenoxy) is 3. The number of carbonyl (C=O) groups excluding carboxylic acids is 4. The predicted molar refractivity (Wildman–Crippen MR) is 188 cm³/mol. The van der Waals surface area contributed by atoms with E-state index < -0.39 is 60.3 Å². The van der Waals surface area contributed by atoms with Gasteiger partial charge in [0.25, 0.3) is 5.91 Å². The number of benzene rings is 3. The number of oxazole rings is 1. The molecule has 1 spiro atoms. The van der Waals surface area contributed by atoms with E-state index in [4.69, 9.17) is 23.6 Å². The first kappa shape index (κ1) is 35.0. The number of para-hydroxylation sites is 1. The van der Waals surface area contributed by atoms with Crippen molar-refractivity contribution in [2.75, 3.05) is 19.0 Å². The smallest absolute Gasteiger partial charge is 0.408 e. The minimum Gasteiger partial charge on any atom is -0.469 e. The maximum absolute atomic E-state index is 14.2. The Morgan fingerprint density at radius 1 is 1.08 bits per heavy atom. The number of halogens is 1. The van der Waals surface area contributed by atoms with Gasteiger partial charge >= 0.3 is 12.1 Å². The van der Waals surface area contributed by atoms with E-state index in [2.05, 4.69) is 37.2 Å². The number of hydrogen-bond donors (Lipinski definition) is 5. The summed E-state index contributed by atoms with van der Waals surface area (Å²) in [6.45, 7) is 2.97. The molecule has 270 valence electrons. The molecule has 5 atom stereocenters. The number of methoxy groups -OCH3 is 1. The molecule has 52 heavy (non-hydrogen) atoms. The number of amides is 3. The average Bonchev–Trinajstić information content (AvgIpc) is 3.81. The molecular formula is C37H36BrN5O9. The molecule has 0 aliphatic carbocycles. The fourth-order valence-corrected chi connectivity index (χ4v) is 7.43. The van der Waals surface area contributed by atoms with Crippen LogP contribution in [0.2, 0.25) is 0 Å². The summed E-state index contributed by atoms with van der Waals surface area (Å²) in [6, 6.07) is 16.9. The van der Waals surface area contributed by atoms with Crippen molar-refractivity contribution >= 4 is 45.5 Å². The minimum atomic E-state index is -1.39. The second-order valence-electron chi connectivity index (χ2n) is 13.1. The molecule has 4 bridgehead atoms. The second-order valence-corrected chi connectivity index (χ2v) is 14.0. The van der Waals surface area contributed by atoms with E-state index >= 15 is 0 Å². The third-order valence-corrected chi connectivity index (χ3v) is 10.2. The molecule has 1 aromatic heterocycles. The Morgan fingerprint density at radius 3 is 2.60 bits per heavy atom. The number of nitrogens with zero attached hydrogens (tertiary/aromatic N) is 1. The van der Waals surface area contributed by atoms with Crippen LogP contribution in [-0.2, 0) is 37.5 Å². The van der Waals surface area contributed by atoms with Gasteiger partial charge in [0.2, 0.25) is 11.8 Å². The Morgan fingerprint density at radius 2 is 1.87 bits per heavy atom. The van der Waals surface area contributed by atoms with Gasteiger partial charge in [-0.2, -0.15) is 0 Å². The van der Waals surface area contributed by atoms with Crippen molar-refractivity contribution in [1.82, 2.24) is 20.9 Å². The Balaban J connectivity index is 1.38. The van der Waals surface area contributed by atoms with Gasteiger partial charge < -0.3 is 45.0 Å². The van der Waals surface area contributed by atoms with Crippen molar-refractivity contribution in [2.24, 2.45) is 5.92 Å². The normalized spacial score (nSPS) is 21.6. The van der Waals surface area contributed by atoms with Gasteiger partial charge in [-0.05, 0) is 45.1 Å². The lowest BCUT2D eigenvalue weighted by atomic mass is 9.72. The molecule has 14 nitrogen and oxygen atoms in total. The van der Waals surface area contributed by atoms with E-state index in [1.807, 2.05) is 68.4 Å². The number of hydrogen-bond acceptors (Lipinski definition) is 11. The number of aliphatic hydroxyl groups excluding tert-OH is 1. The Hall–Kier alpha value is -5.41. The number of nitrogens with one attached hydrogen (secondary N) is 4. The summed E-state index contributed by atoms with van der Waals surface area (Å²) in [5.41, 5.74) is 2.02. The van der Waals surface area contributed by atoms with Crippen molar-refractivity contribution in [1.29, 1.82) is 0 Å². The average molecular weight is 775 g/mol. The van der Waals surface area contributed by atoms with Crippen LogP contribution in [0, 0.1) is 5.92 Å². The molecule has 1 unspecified atom stereocenters. The standard InChI is InChI=1S/C37H36BrN5O9/c1-18(2)27-33-42-29(32(46)39-25(16-44)34(47)49-3)30(52-33)37-21-10-7-11-23(38)28(21)43-35(37)51-26-13-12-20(14-22(26)37)15-24(31(45)41-27)40-36(48)50-17-19-8-5-4-6-9-19/h4-14,18,24-25,27,35,43-44H,15-17H2,1-3H3,(H,39,46)(H,40,48)(H,41,45)/t24-,25-,27-,35-,37?/m0/s1. The molecule has 3 aromatic carbocycles. The van der Waals surface area contributed by atoms with Gasteiger partial charge in [-0.3, -0.25) is 9.59 Å². The summed E-state index contributed by atoms with van der Waals surface area (Å²) in [5, 5.41) is 21.6. The highest BCUT2D eigenvalue weighted by molar-refractivity contribution is 9.10. The van der Waals surface area contributed by atoms with Crippen LogP contribution in [0.5, 0.6) is 5.75 Å². The first-order valence-electron chi connectivity index (χ1n) is 16.7. The molecule has 3 aliphatic rings. The molecule has 3 aliphatic heterocycles. The maximum Gasteiger partial charge on any atom is 0.408 e. The van der Waals surface area contributed by atoms with Gasteiger partial charge in [0.05, 0.1) is 19.4 Å². The number of aromatic nitrogens is 1. The van der Waals surface area contributed by atoms with E-state index in [-0.39, 0.29) is 36.3 Å². The van der Waals surface area contributed by atoms with Crippen LogP contribution in [0.15, 0.2) is 75.6 Å². The quantitative estimate of drug-likeness (QED) is 0.164. The number of esters is 1. The lowest BCUT2D eigenvalue weighted by molar-refractivity contribution is -0.143. The zero-order valence-electron chi connectivity index (χ0n) is 28.4. The summed E-state index contributed by atoms with van der Waals surface area (Å²) in [7, 11) is 1.15. The summed E-state index contributed by atoms with van der Waals surface area (Å²) in [6.07, 6.45) is -1.51. The lowest BCUT2D eigenvalue weighted by Crippen LogP contribution is -2.49. The third-order valence-electron chi connectivity index (χ3n) is 9.50. The van der Waals surface area contributed by atoms with Crippen molar-refractivity contribution in [2.45, 2.75) is 56.6 Å². The molecule has 5 N–H and O–H groups in total. The number of anilines is 1. The van der Waals surface area contributed by atoms with E-state index in [0.29, 0.717) is 28.1 Å². The molecule has 4 aromatic rings. The number of fused-ring (bicyclic) bond motifs is 4. The SMILES string of the molecule is COC(=O)[C@H](CO)NC(=O)c1nc2oc1C13c4cc(ccc4O[C@@H]1Nc1c(Br)cccc13)C[C@H](NC(=O)OCc1ccccc1)C(=O)N[C@H]2C(C)C. The van der Waals surface area contributed by atoms with Crippen LogP contribution in [0.3, 0.4) is 0 Å². The van der Waals surface area contributed by atoms with Gasteiger partial charge in [0.1, 0.15) is 29.9 Å². The number of rotatable bonds is 8. The molecule has 15 heteroatoms. The first-order valence-corrected chi connectivity index (χ1v) is 17.5. The zero-order valence-corrected chi connectivity index (χ0v) is 30.0. The van der Waals surface area contributed by atoms with Gasteiger partial charge in [-0.15, -0.1) is 0 Å². The van der Waals surface area contributed by atoms with Crippen molar-refractivity contribution in [3.8, 4) is 5.75 Å². The van der Waals surface area contributed by atoms with E-state index in [9.17, 15) is 24.3 Å². The van der Waals surface area contributed by atoms with E-state index in [1.165, 1.54) is 0 Å². The molecule has 7 rings (SSSR count). The molecule has 0 fully saturated rings. The number of aliphatic hydroxyl groups is 1. The monoisotopic (exact) mass is 773 g/mol. The molecule has 0 saturated heterocycles. The molecule has 0 saturated carbocycles. The third kappa shape index (κ3) is 6.02. The maximum atomic E-state index is 14.2. The van der Waals surface area contributed by atoms with Gasteiger partial charge in [-0.25, -0.2) is 14.6 Å². The highest BCUT2D eigenvalue weighted by Gasteiger charge is 2.61. The molecule has 4 heterocycles. The Labute approximate surface area is 306 Å². The fraction of sp³-hybridized carbons (Fsp3) is 0.324. The molecule has 0 radical (unpaired) electrons. The van der Waals surface area contributed by atoms with Crippen LogP contribution < -0.4 is 26.0 Å². The summed E-state index contributed by atoms with van der Waals surface area (Å²) >= 11 is 3.64. The zero-order chi connectivity index (χ0) is 36.7. The fourth-order valence-electron chi connectivity index (χ4n) is 6.95. The lowest BCUT2D eigenvalue weighted by Gasteiger charge is -2.29.